The molecule has 4 heavy (non-hydrogen) atoms. The monoisotopic (exact) mass is 554 g/mol. The third kappa shape index (κ3) is 8.87. The molecule has 4 heteroatoms. The van der Waals surface area contributed by atoms with Gasteiger partial charge in [0.25, 0.3) is 0 Å². The van der Waals surface area contributed by atoms with Crippen molar-refractivity contribution in [2.75, 3.05) is 0 Å². The third-order valence-corrected chi connectivity index (χ3v) is 0. The molecule has 18 valence electrons. The van der Waals surface area contributed by atoms with Crippen molar-refractivity contribution in [3.8, 4) is 0 Å². The summed E-state index contributed by atoms with van der Waals surface area (Å²) in [5.74, 6) is 0. The van der Waals surface area contributed by atoms with Gasteiger partial charge in [0.15, 0.2) is 0 Å². The zero-order chi connectivity index (χ0) is 0. The first-order valence-electron chi connectivity index (χ1n) is 0. The van der Waals surface area contributed by atoms with Crippen LogP contribution in [0.15, 0.2) is 0 Å². The van der Waals surface area contributed by atoms with Gasteiger partial charge < -0.3 is 0 Å². The molecule has 4 radical (unpaired) electrons. The van der Waals surface area contributed by atoms with E-state index in [-0.39, 0.29) is 88.9 Å². The van der Waals surface area contributed by atoms with Gasteiger partial charge in [-0.2, -0.15) is 0 Å². The smallest absolute Gasteiger partial charge is 0 e. The van der Waals surface area contributed by atoms with Crippen molar-refractivity contribution >= 4 is 27.3 Å². The van der Waals surface area contributed by atoms with Gasteiger partial charge in [0.05, 0.1) is 0 Å². The standard InChI is InChI=1S/Mo.Pb.W.Zn. The number of rotatable bonds is 0. The second-order valence-corrected chi connectivity index (χ2v) is 0. The Morgan fingerprint density at radius 1 is 1.00 bits per heavy atom. The molecule has 0 rings (SSSR count). The second-order valence-electron chi connectivity index (χ2n) is 0. The van der Waals surface area contributed by atoms with Crippen LogP contribution in [0.2, 0.25) is 0 Å². The zero-order valence-corrected chi connectivity index (χ0v) is 13.8. The molecule has 0 bridgehead atoms. The SMILES string of the molecule is [Mo].[Pb].[W].[Zn]. The van der Waals surface area contributed by atoms with Gasteiger partial charge in [-0.3, -0.25) is 0 Å². The summed E-state index contributed by atoms with van der Waals surface area (Å²) >= 11 is 0. The fourth-order valence-corrected chi connectivity index (χ4v) is 0. The van der Waals surface area contributed by atoms with E-state index in [0.717, 1.165) is 0 Å². The van der Waals surface area contributed by atoms with Crippen molar-refractivity contribution in [1.29, 1.82) is 0 Å². The summed E-state index contributed by atoms with van der Waals surface area (Å²) in [7, 11) is 0. The summed E-state index contributed by atoms with van der Waals surface area (Å²) in [5.41, 5.74) is 0. The van der Waals surface area contributed by atoms with Crippen LogP contribution in [0.4, 0.5) is 0 Å². The maximum absolute atomic E-state index is 0. The maximum Gasteiger partial charge on any atom is 0 e. The molecular formula is MoPbWZn. The van der Waals surface area contributed by atoms with Crippen LogP contribution in [0.3, 0.4) is 0 Å². The first kappa shape index (κ1) is 28.4. The average Bonchev–Trinajstić information content (AvgIpc) is 0. The van der Waals surface area contributed by atoms with E-state index in [1.807, 2.05) is 0 Å². The molecular weight excluding hydrogens is 552 g/mol. The molecule has 0 aromatic rings. The van der Waals surface area contributed by atoms with Crippen LogP contribution in [-0.4, -0.2) is 27.3 Å². The largest absolute Gasteiger partial charge is 0 e. The van der Waals surface area contributed by atoms with Crippen LogP contribution in [-0.2, 0) is 61.6 Å². The molecule has 0 aromatic carbocycles. The van der Waals surface area contributed by atoms with E-state index in [1.54, 1.807) is 0 Å². The molecule has 0 fully saturated rings. The second kappa shape index (κ2) is 16.8. The van der Waals surface area contributed by atoms with Crippen LogP contribution in [0.25, 0.3) is 0 Å². The van der Waals surface area contributed by atoms with Gasteiger partial charge in [0, 0.05) is 88.9 Å². The molecule has 0 aliphatic rings. The van der Waals surface area contributed by atoms with Crippen molar-refractivity contribution in [1.82, 2.24) is 0 Å². The Balaban J connectivity index is 0. The molecule has 0 N–H and O–H groups in total. The molecule has 0 atom stereocenters. The molecule has 0 nitrogen and oxygen atoms in total. The quantitative estimate of drug-likeness (QED) is 0.360. The minimum Gasteiger partial charge on any atom is 0 e. The van der Waals surface area contributed by atoms with Crippen LogP contribution < -0.4 is 0 Å². The molecule has 0 aliphatic carbocycles. The molecule has 0 heterocycles. The number of hydrogen-bond acceptors (Lipinski definition) is 0. The molecule has 0 saturated heterocycles. The van der Waals surface area contributed by atoms with Gasteiger partial charge >= 0.3 is 0 Å². The van der Waals surface area contributed by atoms with E-state index in [2.05, 4.69) is 0 Å². The summed E-state index contributed by atoms with van der Waals surface area (Å²) < 4.78 is 0. The van der Waals surface area contributed by atoms with Crippen molar-refractivity contribution in [2.45, 2.75) is 0 Å². The van der Waals surface area contributed by atoms with Crippen LogP contribution in [0.5, 0.6) is 0 Å². The predicted octanol–water partition coefficient (Wildman–Crippen LogP) is -0.388. The Morgan fingerprint density at radius 2 is 1.00 bits per heavy atom. The Bertz CT molecular complexity index is 8.00. The van der Waals surface area contributed by atoms with Crippen molar-refractivity contribution in [2.24, 2.45) is 0 Å². The van der Waals surface area contributed by atoms with Crippen molar-refractivity contribution < 1.29 is 61.6 Å². The van der Waals surface area contributed by atoms with Gasteiger partial charge in [-0.1, -0.05) is 0 Å². The Labute approximate surface area is 87.3 Å². The van der Waals surface area contributed by atoms with E-state index in [9.17, 15) is 0 Å². The zero-order valence-electron chi connectivity index (χ0n) is 2.02. The van der Waals surface area contributed by atoms with Gasteiger partial charge in [-0.05, 0) is 0 Å². The molecule has 0 spiro atoms. The predicted molar refractivity (Wildman–Crippen MR) is 5.75 cm³/mol. The molecule has 0 amide bonds. The Morgan fingerprint density at radius 3 is 1.00 bits per heavy atom. The van der Waals surface area contributed by atoms with Crippen molar-refractivity contribution in [3.63, 3.8) is 0 Å². The summed E-state index contributed by atoms with van der Waals surface area (Å²) in [6.07, 6.45) is 0. The third-order valence-electron chi connectivity index (χ3n) is 0. The van der Waals surface area contributed by atoms with E-state index in [1.165, 1.54) is 0 Å². The molecule has 0 saturated carbocycles. The Hall–Kier alpha value is 2.92. The summed E-state index contributed by atoms with van der Waals surface area (Å²) in [4.78, 5) is 0. The normalized spacial score (nSPS) is 0. The minimum absolute atomic E-state index is 0. The van der Waals surface area contributed by atoms with Gasteiger partial charge in [-0.15, -0.1) is 0 Å². The summed E-state index contributed by atoms with van der Waals surface area (Å²) in [6, 6.07) is 0. The first-order valence-corrected chi connectivity index (χ1v) is 0. The fourth-order valence-electron chi connectivity index (χ4n) is 0. The van der Waals surface area contributed by atoms with E-state index >= 15 is 0 Å². The van der Waals surface area contributed by atoms with Crippen LogP contribution in [0.1, 0.15) is 0 Å². The minimum atomic E-state index is 0. The molecule has 0 aliphatic heterocycles. The van der Waals surface area contributed by atoms with E-state index in [0.29, 0.717) is 0 Å². The van der Waals surface area contributed by atoms with Crippen LogP contribution in [0, 0.1) is 0 Å². The van der Waals surface area contributed by atoms with Gasteiger partial charge in [0.1, 0.15) is 0 Å². The van der Waals surface area contributed by atoms with E-state index < -0.39 is 0 Å². The number of hydrogen-bond donors (Lipinski definition) is 0. The topological polar surface area (TPSA) is 0 Å². The van der Waals surface area contributed by atoms with Crippen molar-refractivity contribution in [3.05, 3.63) is 0 Å². The van der Waals surface area contributed by atoms with Gasteiger partial charge in [0.2, 0.25) is 0 Å². The first-order chi connectivity index (χ1) is 0. The molecule has 0 unspecified atom stereocenters. The van der Waals surface area contributed by atoms with Gasteiger partial charge in [-0.25, -0.2) is 0 Å². The molecule has 0 aromatic heterocycles. The Kier molecular flexibility index (Phi) is 119. The maximum atomic E-state index is 0. The van der Waals surface area contributed by atoms with E-state index in [4.69, 9.17) is 0 Å². The fraction of sp³-hybridized carbons (Fsp3) is 0. The summed E-state index contributed by atoms with van der Waals surface area (Å²) in [6.45, 7) is 0. The van der Waals surface area contributed by atoms with Crippen LogP contribution >= 0.6 is 0 Å². The summed E-state index contributed by atoms with van der Waals surface area (Å²) in [5, 5.41) is 0. The average molecular weight is 552 g/mol.